The number of guanidine groups is 1. The third-order valence-corrected chi connectivity index (χ3v) is 6.78. The number of carbonyl (C=O) groups is 1. The molecule has 0 radical (unpaired) electrons. The second-order valence-corrected chi connectivity index (χ2v) is 9.21. The fourth-order valence-corrected chi connectivity index (χ4v) is 4.44. The van der Waals surface area contributed by atoms with Crippen molar-refractivity contribution in [3.05, 3.63) is 0 Å². The van der Waals surface area contributed by atoms with Crippen LogP contribution in [-0.2, 0) is 14.8 Å². The smallest absolute Gasteiger partial charge is 0.357 e. The van der Waals surface area contributed by atoms with Crippen molar-refractivity contribution in [2.75, 3.05) is 45.8 Å². The van der Waals surface area contributed by atoms with Gasteiger partial charge in [-0.05, 0) is 38.5 Å². The van der Waals surface area contributed by atoms with Crippen LogP contribution in [-0.4, -0.2) is 80.8 Å². The van der Waals surface area contributed by atoms with Crippen LogP contribution in [0, 0.1) is 5.92 Å². The highest BCUT2D eigenvalue weighted by molar-refractivity contribution is 14.0. The average Bonchev–Trinajstić information content (AvgIpc) is 3.20. The highest BCUT2D eigenvalue weighted by Gasteiger charge is 2.50. The van der Waals surface area contributed by atoms with Gasteiger partial charge in [0.2, 0.25) is 5.91 Å². The van der Waals surface area contributed by atoms with Gasteiger partial charge in [-0.3, -0.25) is 9.79 Å². The summed E-state index contributed by atoms with van der Waals surface area (Å²) in [5, 5.41) is 6.18. The van der Waals surface area contributed by atoms with Crippen LogP contribution in [0.2, 0.25) is 0 Å². The van der Waals surface area contributed by atoms with E-state index in [0.29, 0.717) is 49.2 Å². The van der Waals surface area contributed by atoms with Gasteiger partial charge in [0, 0.05) is 52.2 Å². The molecule has 30 heavy (non-hydrogen) atoms. The lowest BCUT2D eigenvalue weighted by Gasteiger charge is -2.30. The molecular weight excluding hydrogens is 538 g/mol. The second kappa shape index (κ2) is 12.3. The van der Waals surface area contributed by atoms with Crippen molar-refractivity contribution >= 4 is 45.9 Å². The Morgan fingerprint density at radius 2 is 1.70 bits per heavy atom. The fraction of sp³-hybridized carbons (Fsp3) is 0.882. The first-order valence-corrected chi connectivity index (χ1v) is 11.5. The minimum absolute atomic E-state index is 0. The molecule has 8 nitrogen and oxygen atoms in total. The number of aliphatic imine (C=N–C) groups is 1. The maximum absolute atomic E-state index is 12.6. The van der Waals surface area contributed by atoms with Gasteiger partial charge in [-0.1, -0.05) is 0 Å². The molecule has 0 aromatic rings. The van der Waals surface area contributed by atoms with Crippen LogP contribution in [0.1, 0.15) is 39.0 Å². The molecule has 2 aliphatic rings. The van der Waals surface area contributed by atoms with Crippen LogP contribution in [0.25, 0.3) is 0 Å². The number of nitrogens with zero attached hydrogens (tertiary/aromatic N) is 3. The fourth-order valence-electron chi connectivity index (χ4n) is 3.45. The van der Waals surface area contributed by atoms with Crippen molar-refractivity contribution < 1.29 is 26.4 Å². The molecule has 0 aliphatic carbocycles. The molecule has 1 amide bonds. The van der Waals surface area contributed by atoms with E-state index in [1.165, 1.54) is 0 Å². The standard InChI is InChI=1S/C17H30F3N5O3S.HI/c1-2-21-16(22-8-5-15(26)24-9-3-4-10-24)23-13-14-6-11-25(12-7-14)29(27,28)17(18,19)20;/h14H,2-13H2,1H3,(H2,21,22,23);1H. The lowest BCUT2D eigenvalue weighted by Crippen LogP contribution is -2.45. The van der Waals surface area contributed by atoms with Crippen LogP contribution in [0.3, 0.4) is 0 Å². The number of alkyl halides is 3. The predicted octanol–water partition coefficient (Wildman–Crippen LogP) is 1.73. The summed E-state index contributed by atoms with van der Waals surface area (Å²) in [6.45, 7) is 4.69. The summed E-state index contributed by atoms with van der Waals surface area (Å²) in [5.41, 5.74) is -5.26. The predicted molar refractivity (Wildman–Crippen MR) is 119 cm³/mol. The van der Waals surface area contributed by atoms with Crippen molar-refractivity contribution in [2.45, 2.75) is 44.5 Å². The summed E-state index contributed by atoms with van der Waals surface area (Å²) < 4.78 is 61.3. The minimum atomic E-state index is -5.26. The van der Waals surface area contributed by atoms with E-state index in [0.717, 1.165) is 25.9 Å². The number of carbonyl (C=O) groups excluding carboxylic acids is 1. The maximum Gasteiger partial charge on any atom is 0.511 e. The molecule has 2 saturated heterocycles. The first-order chi connectivity index (χ1) is 13.6. The number of nitrogens with one attached hydrogen (secondary N) is 2. The Balaban J connectivity index is 0.00000450. The van der Waals surface area contributed by atoms with E-state index < -0.39 is 15.5 Å². The number of sulfonamides is 1. The zero-order chi connectivity index (χ0) is 21.5. The zero-order valence-corrected chi connectivity index (χ0v) is 20.2. The first kappa shape index (κ1) is 27.2. The Labute approximate surface area is 193 Å². The van der Waals surface area contributed by atoms with Gasteiger partial charge >= 0.3 is 15.5 Å². The second-order valence-electron chi connectivity index (χ2n) is 7.28. The Kier molecular flexibility index (Phi) is 11.1. The minimum Gasteiger partial charge on any atom is -0.357 e. The van der Waals surface area contributed by atoms with E-state index in [-0.39, 0.29) is 48.9 Å². The lowest BCUT2D eigenvalue weighted by molar-refractivity contribution is -0.129. The molecule has 0 saturated carbocycles. The van der Waals surface area contributed by atoms with E-state index in [2.05, 4.69) is 15.6 Å². The average molecular weight is 569 g/mol. The summed E-state index contributed by atoms with van der Waals surface area (Å²) in [5.74, 6) is 0.674. The quantitative estimate of drug-likeness (QED) is 0.277. The van der Waals surface area contributed by atoms with Crippen LogP contribution in [0.5, 0.6) is 0 Å². The number of hydrogen-bond acceptors (Lipinski definition) is 4. The van der Waals surface area contributed by atoms with Crippen LogP contribution in [0.4, 0.5) is 13.2 Å². The highest BCUT2D eigenvalue weighted by Crippen LogP contribution is 2.30. The molecule has 2 N–H and O–H groups in total. The number of hydrogen-bond donors (Lipinski definition) is 2. The zero-order valence-electron chi connectivity index (χ0n) is 17.1. The summed E-state index contributed by atoms with van der Waals surface area (Å²) in [6.07, 6.45) is 3.12. The molecule has 0 spiro atoms. The van der Waals surface area contributed by atoms with Crippen molar-refractivity contribution in [3.8, 4) is 0 Å². The van der Waals surface area contributed by atoms with Gasteiger partial charge in [0.25, 0.3) is 0 Å². The molecule has 0 bridgehead atoms. The largest absolute Gasteiger partial charge is 0.511 e. The SMILES string of the molecule is CCNC(=NCC1CCN(S(=O)(=O)C(F)(F)F)CC1)NCCC(=O)N1CCCC1.I. The van der Waals surface area contributed by atoms with Crippen LogP contribution in [0.15, 0.2) is 4.99 Å². The van der Waals surface area contributed by atoms with Crippen molar-refractivity contribution in [3.63, 3.8) is 0 Å². The lowest BCUT2D eigenvalue weighted by atomic mass is 9.98. The van der Waals surface area contributed by atoms with Gasteiger partial charge in [0.05, 0.1) is 0 Å². The Bertz CT molecular complexity index is 677. The molecule has 0 unspecified atom stereocenters. The van der Waals surface area contributed by atoms with Crippen molar-refractivity contribution in [2.24, 2.45) is 10.9 Å². The Hall–Kier alpha value is -0.830. The third-order valence-electron chi connectivity index (χ3n) is 5.15. The van der Waals surface area contributed by atoms with Gasteiger partial charge < -0.3 is 15.5 Å². The Morgan fingerprint density at radius 3 is 2.23 bits per heavy atom. The first-order valence-electron chi connectivity index (χ1n) is 10.0. The van der Waals surface area contributed by atoms with Gasteiger partial charge in [-0.25, -0.2) is 8.42 Å². The van der Waals surface area contributed by atoms with Crippen molar-refractivity contribution in [1.29, 1.82) is 0 Å². The number of piperidine rings is 1. The normalized spacial score (nSPS) is 19.5. The summed E-state index contributed by atoms with van der Waals surface area (Å²) >= 11 is 0. The maximum atomic E-state index is 12.6. The van der Waals surface area contributed by atoms with Crippen molar-refractivity contribution in [1.82, 2.24) is 19.8 Å². The Morgan fingerprint density at radius 1 is 1.10 bits per heavy atom. The highest BCUT2D eigenvalue weighted by atomic mass is 127. The molecule has 0 aromatic heterocycles. The molecule has 13 heteroatoms. The van der Waals surface area contributed by atoms with Gasteiger partial charge in [0.15, 0.2) is 5.96 Å². The van der Waals surface area contributed by atoms with E-state index in [1.807, 2.05) is 11.8 Å². The van der Waals surface area contributed by atoms with Gasteiger partial charge in [-0.2, -0.15) is 17.5 Å². The number of rotatable bonds is 7. The van der Waals surface area contributed by atoms with E-state index in [1.54, 1.807) is 0 Å². The number of amides is 1. The van der Waals surface area contributed by atoms with Gasteiger partial charge in [-0.15, -0.1) is 24.0 Å². The molecule has 2 fully saturated rings. The van der Waals surface area contributed by atoms with E-state index in [9.17, 15) is 26.4 Å². The van der Waals surface area contributed by atoms with Gasteiger partial charge in [0.1, 0.15) is 0 Å². The van der Waals surface area contributed by atoms with E-state index >= 15 is 0 Å². The third kappa shape index (κ3) is 7.70. The van der Waals surface area contributed by atoms with Crippen LogP contribution >= 0.6 is 24.0 Å². The molecule has 2 rings (SSSR count). The monoisotopic (exact) mass is 569 g/mol. The number of likely N-dealkylation sites (tertiary alicyclic amines) is 1. The summed E-state index contributed by atoms with van der Waals surface area (Å²) in [6, 6.07) is 0. The molecule has 0 aromatic carbocycles. The van der Waals surface area contributed by atoms with E-state index in [4.69, 9.17) is 0 Å². The summed E-state index contributed by atoms with van der Waals surface area (Å²) in [7, 11) is -5.25. The molecule has 2 heterocycles. The molecule has 176 valence electrons. The molecular formula is C17H31F3IN5O3S. The molecule has 2 aliphatic heterocycles. The summed E-state index contributed by atoms with van der Waals surface area (Å²) in [4.78, 5) is 18.4. The molecule has 0 atom stereocenters. The van der Waals surface area contributed by atoms with Crippen LogP contribution < -0.4 is 10.6 Å². The number of halogens is 4. The topological polar surface area (TPSA) is 94.1 Å².